The molecule has 2 amide bonds. The molecule has 1 heterocycles. The third kappa shape index (κ3) is 2.87. The van der Waals surface area contributed by atoms with E-state index in [2.05, 4.69) is 15.8 Å². The van der Waals surface area contributed by atoms with Gasteiger partial charge in [-0.05, 0) is 17.7 Å². The van der Waals surface area contributed by atoms with Crippen molar-refractivity contribution in [3.05, 3.63) is 28.8 Å². The first-order chi connectivity index (χ1) is 8.56. The maximum atomic E-state index is 11.0. The second kappa shape index (κ2) is 5.18. The molecule has 1 aromatic carbocycles. The number of rotatable bonds is 2. The Kier molecular flexibility index (Phi) is 3.62. The van der Waals surface area contributed by atoms with Gasteiger partial charge in [0.1, 0.15) is 0 Å². The largest absolute Gasteiger partial charge is 0.325 e. The van der Waals surface area contributed by atoms with Crippen molar-refractivity contribution in [3.8, 4) is 0 Å². The number of hydrazone groups is 1. The molecule has 0 fully saturated rings. The van der Waals surface area contributed by atoms with Gasteiger partial charge in [-0.3, -0.25) is 9.59 Å². The summed E-state index contributed by atoms with van der Waals surface area (Å²) in [5.74, 6) is -0.258. The molecule has 0 aromatic heterocycles. The molecule has 0 atom stereocenters. The molecule has 94 valence electrons. The van der Waals surface area contributed by atoms with Crippen molar-refractivity contribution in [2.75, 3.05) is 5.32 Å². The summed E-state index contributed by atoms with van der Waals surface area (Å²) < 4.78 is 0. The zero-order valence-corrected chi connectivity index (χ0v) is 10.5. The molecule has 2 N–H and O–H groups in total. The second-order valence-electron chi connectivity index (χ2n) is 3.97. The van der Waals surface area contributed by atoms with Crippen molar-refractivity contribution in [1.82, 2.24) is 5.43 Å². The molecule has 18 heavy (non-hydrogen) atoms. The Morgan fingerprint density at radius 3 is 2.78 bits per heavy atom. The van der Waals surface area contributed by atoms with Crippen LogP contribution in [0, 0.1) is 0 Å². The number of anilines is 1. The van der Waals surface area contributed by atoms with Gasteiger partial charge in [-0.2, -0.15) is 5.10 Å². The lowest BCUT2D eigenvalue weighted by atomic mass is 10.0. The number of nitrogens with zero attached hydrogens (tertiary/aromatic N) is 1. The number of hydrogen-bond acceptors (Lipinski definition) is 3. The van der Waals surface area contributed by atoms with Gasteiger partial charge in [0.15, 0.2) is 0 Å². The summed E-state index contributed by atoms with van der Waals surface area (Å²) in [5, 5.41) is 7.06. The van der Waals surface area contributed by atoms with E-state index in [4.69, 9.17) is 11.6 Å². The fraction of sp³-hybridized carbons (Fsp3) is 0.250. The number of halogens is 1. The van der Waals surface area contributed by atoms with Gasteiger partial charge in [-0.15, -0.1) is 0 Å². The predicted octanol–water partition coefficient (Wildman–Crippen LogP) is 1.91. The van der Waals surface area contributed by atoms with Crippen LogP contribution in [0.3, 0.4) is 0 Å². The molecule has 1 aliphatic heterocycles. The minimum Gasteiger partial charge on any atom is -0.325 e. The fourth-order valence-electron chi connectivity index (χ4n) is 1.67. The topological polar surface area (TPSA) is 70.6 Å². The number of nitrogens with one attached hydrogen (secondary N) is 2. The van der Waals surface area contributed by atoms with E-state index in [9.17, 15) is 9.59 Å². The van der Waals surface area contributed by atoms with Gasteiger partial charge in [0, 0.05) is 19.8 Å². The van der Waals surface area contributed by atoms with E-state index >= 15 is 0 Å². The lowest BCUT2D eigenvalue weighted by Gasteiger charge is -2.13. The van der Waals surface area contributed by atoms with E-state index in [0.717, 1.165) is 11.3 Å². The first kappa shape index (κ1) is 12.6. The van der Waals surface area contributed by atoms with Crippen LogP contribution in [0.1, 0.15) is 25.3 Å². The van der Waals surface area contributed by atoms with Crippen molar-refractivity contribution in [2.24, 2.45) is 5.10 Å². The van der Waals surface area contributed by atoms with Crippen molar-refractivity contribution in [1.29, 1.82) is 0 Å². The van der Waals surface area contributed by atoms with Crippen LogP contribution in [-0.2, 0) is 9.59 Å². The summed E-state index contributed by atoms with van der Waals surface area (Å²) in [6, 6.07) is 5.26. The normalized spacial score (nSPS) is 14.8. The average molecular weight is 266 g/mol. The zero-order chi connectivity index (χ0) is 13.1. The lowest BCUT2D eigenvalue weighted by molar-refractivity contribution is -0.121. The third-order valence-corrected chi connectivity index (χ3v) is 2.83. The van der Waals surface area contributed by atoms with Crippen molar-refractivity contribution < 1.29 is 9.59 Å². The maximum Gasteiger partial charge on any atom is 0.240 e. The molecule has 1 aromatic rings. The van der Waals surface area contributed by atoms with Crippen molar-refractivity contribution in [3.63, 3.8) is 0 Å². The smallest absolute Gasteiger partial charge is 0.240 e. The van der Waals surface area contributed by atoms with Gasteiger partial charge < -0.3 is 5.32 Å². The van der Waals surface area contributed by atoms with E-state index in [-0.39, 0.29) is 11.8 Å². The van der Waals surface area contributed by atoms with Gasteiger partial charge in [-0.25, -0.2) is 5.43 Å². The summed E-state index contributed by atoms with van der Waals surface area (Å²) in [4.78, 5) is 21.9. The van der Waals surface area contributed by atoms with Crippen LogP contribution < -0.4 is 10.7 Å². The molecule has 1 aliphatic rings. The van der Waals surface area contributed by atoms with Crippen LogP contribution >= 0.6 is 11.6 Å². The van der Waals surface area contributed by atoms with Crippen LogP contribution in [-0.4, -0.2) is 17.5 Å². The number of benzene rings is 1. The molecule has 6 heteroatoms. The van der Waals surface area contributed by atoms with E-state index < -0.39 is 0 Å². The Balaban J connectivity index is 2.23. The van der Waals surface area contributed by atoms with E-state index in [0.29, 0.717) is 23.6 Å². The monoisotopic (exact) mass is 265 g/mol. The first-order valence-electron chi connectivity index (χ1n) is 5.49. The van der Waals surface area contributed by atoms with Gasteiger partial charge >= 0.3 is 0 Å². The minimum absolute atomic E-state index is 0.0836. The first-order valence-corrected chi connectivity index (χ1v) is 5.87. The molecular weight excluding hydrogens is 254 g/mol. The third-order valence-electron chi connectivity index (χ3n) is 2.52. The van der Waals surface area contributed by atoms with Gasteiger partial charge in [0.05, 0.1) is 16.4 Å². The van der Waals surface area contributed by atoms with Gasteiger partial charge in [0.25, 0.3) is 0 Å². The molecule has 0 bridgehead atoms. The quantitative estimate of drug-likeness (QED) is 0.858. The van der Waals surface area contributed by atoms with Gasteiger partial charge in [0.2, 0.25) is 11.8 Å². The molecule has 0 unspecified atom stereocenters. The molecule has 5 nitrogen and oxygen atoms in total. The van der Waals surface area contributed by atoms with Crippen LogP contribution in [0.25, 0.3) is 0 Å². The highest BCUT2D eigenvalue weighted by atomic mass is 35.5. The van der Waals surface area contributed by atoms with E-state index in [1.807, 2.05) is 6.07 Å². The molecule has 0 saturated carbocycles. The maximum absolute atomic E-state index is 11.0. The Bertz CT molecular complexity index is 540. The number of carbonyl (C=O) groups excluding carboxylic acids is 2. The van der Waals surface area contributed by atoms with Gasteiger partial charge in [-0.1, -0.05) is 17.7 Å². The molecule has 0 radical (unpaired) electrons. The summed E-state index contributed by atoms with van der Waals surface area (Å²) in [7, 11) is 0. The molecule has 0 saturated heterocycles. The second-order valence-corrected chi connectivity index (χ2v) is 4.38. The van der Waals surface area contributed by atoms with Crippen LogP contribution in [0.2, 0.25) is 5.02 Å². The van der Waals surface area contributed by atoms with Crippen LogP contribution in [0.4, 0.5) is 5.69 Å². The Morgan fingerprint density at radius 1 is 1.44 bits per heavy atom. The minimum atomic E-state index is -0.174. The summed E-state index contributed by atoms with van der Waals surface area (Å²) in [6.45, 7) is 1.42. The number of carbonyl (C=O) groups is 2. The summed E-state index contributed by atoms with van der Waals surface area (Å²) >= 11 is 6.06. The summed E-state index contributed by atoms with van der Waals surface area (Å²) in [5.41, 5.74) is 4.62. The average Bonchev–Trinajstić information content (AvgIpc) is 2.32. The van der Waals surface area contributed by atoms with Crippen LogP contribution in [0.15, 0.2) is 23.3 Å². The molecule has 0 spiro atoms. The number of amides is 2. The highest BCUT2D eigenvalue weighted by Gasteiger charge is 2.14. The lowest BCUT2D eigenvalue weighted by Crippen LogP contribution is -2.25. The van der Waals surface area contributed by atoms with E-state index in [1.54, 1.807) is 12.1 Å². The molecular formula is C12H12ClN3O2. The number of hydrogen-bond donors (Lipinski definition) is 2. The SMILES string of the molecule is CC(=O)Nc1ccc(C2=NNC(=O)CC2)cc1Cl. The van der Waals surface area contributed by atoms with Crippen molar-refractivity contribution >= 4 is 34.8 Å². The van der Waals surface area contributed by atoms with Crippen molar-refractivity contribution in [2.45, 2.75) is 19.8 Å². The predicted molar refractivity (Wildman–Crippen MR) is 69.7 cm³/mol. The highest BCUT2D eigenvalue weighted by Crippen LogP contribution is 2.24. The Labute approximate surface area is 109 Å². The molecule has 2 rings (SSSR count). The standard InChI is InChI=1S/C12H12ClN3O2/c1-7(17)14-11-3-2-8(6-9(11)13)10-4-5-12(18)16-15-10/h2-3,6H,4-5H2,1H3,(H,14,17)(H,16,18). The summed E-state index contributed by atoms with van der Waals surface area (Å²) in [6.07, 6.45) is 1.01. The Morgan fingerprint density at radius 2 is 2.22 bits per heavy atom. The fourth-order valence-corrected chi connectivity index (χ4v) is 1.90. The van der Waals surface area contributed by atoms with E-state index in [1.165, 1.54) is 6.92 Å². The Hall–Kier alpha value is -1.88. The molecule has 0 aliphatic carbocycles. The highest BCUT2D eigenvalue weighted by molar-refractivity contribution is 6.34. The van der Waals surface area contributed by atoms with Crippen LogP contribution in [0.5, 0.6) is 0 Å². The zero-order valence-electron chi connectivity index (χ0n) is 9.79.